The van der Waals surface area contributed by atoms with Crippen LogP contribution in [0.25, 0.3) is 11.3 Å². The van der Waals surface area contributed by atoms with Crippen molar-refractivity contribution in [3.63, 3.8) is 0 Å². The standard InChI is InChI=1S/C24H28N2O3S/c1-4-29-22-11-7-19(15-23(22)28-3)8-12-24(27)25-14-13-18-5-9-20(10-6-18)21-16-30-17(2)26-21/h5-7,9-11,15-16H,4,8,12-14H2,1-3H3,(H,25,27). The Labute approximate surface area is 182 Å². The molecule has 1 heterocycles. The van der Waals surface area contributed by atoms with Crippen molar-refractivity contribution in [3.05, 3.63) is 64.0 Å². The first kappa shape index (κ1) is 21.8. The highest BCUT2D eigenvalue weighted by molar-refractivity contribution is 7.09. The molecule has 30 heavy (non-hydrogen) atoms. The van der Waals surface area contributed by atoms with E-state index in [0.29, 0.717) is 31.7 Å². The Morgan fingerprint density at radius 3 is 2.50 bits per heavy atom. The minimum Gasteiger partial charge on any atom is -0.493 e. The van der Waals surface area contributed by atoms with Gasteiger partial charge in [-0.05, 0) is 49.9 Å². The second-order valence-corrected chi connectivity index (χ2v) is 8.03. The minimum atomic E-state index is 0.0532. The number of benzene rings is 2. The van der Waals surface area contributed by atoms with Crippen LogP contribution in [0.4, 0.5) is 0 Å². The monoisotopic (exact) mass is 424 g/mol. The molecule has 2 aromatic carbocycles. The number of ether oxygens (including phenoxy) is 2. The van der Waals surface area contributed by atoms with Crippen molar-refractivity contribution >= 4 is 17.2 Å². The van der Waals surface area contributed by atoms with Gasteiger partial charge in [0.2, 0.25) is 5.91 Å². The van der Waals surface area contributed by atoms with Crippen LogP contribution in [0, 0.1) is 6.92 Å². The Morgan fingerprint density at radius 2 is 1.83 bits per heavy atom. The average molecular weight is 425 g/mol. The van der Waals surface area contributed by atoms with Crippen LogP contribution in [-0.4, -0.2) is 31.2 Å². The van der Waals surface area contributed by atoms with Crippen molar-refractivity contribution in [2.45, 2.75) is 33.1 Å². The fourth-order valence-electron chi connectivity index (χ4n) is 3.17. The normalized spacial score (nSPS) is 10.6. The molecule has 0 fully saturated rings. The zero-order valence-corrected chi connectivity index (χ0v) is 18.6. The van der Waals surface area contributed by atoms with Crippen LogP contribution in [0.2, 0.25) is 0 Å². The number of aryl methyl sites for hydroxylation is 2. The van der Waals surface area contributed by atoms with Gasteiger partial charge in [-0.1, -0.05) is 30.3 Å². The summed E-state index contributed by atoms with van der Waals surface area (Å²) in [6.07, 6.45) is 1.91. The smallest absolute Gasteiger partial charge is 0.220 e. The summed E-state index contributed by atoms with van der Waals surface area (Å²) in [5.41, 5.74) is 4.39. The van der Waals surface area contributed by atoms with Gasteiger partial charge in [0.15, 0.2) is 11.5 Å². The molecule has 3 rings (SSSR count). The molecular formula is C24H28N2O3S. The van der Waals surface area contributed by atoms with Crippen molar-refractivity contribution in [2.24, 2.45) is 0 Å². The van der Waals surface area contributed by atoms with Crippen molar-refractivity contribution in [2.75, 3.05) is 20.3 Å². The van der Waals surface area contributed by atoms with Gasteiger partial charge in [-0.15, -0.1) is 11.3 Å². The van der Waals surface area contributed by atoms with Gasteiger partial charge >= 0.3 is 0 Å². The summed E-state index contributed by atoms with van der Waals surface area (Å²) in [4.78, 5) is 16.7. The van der Waals surface area contributed by atoms with E-state index in [4.69, 9.17) is 9.47 Å². The van der Waals surface area contributed by atoms with Gasteiger partial charge in [0, 0.05) is 23.9 Å². The molecule has 0 aliphatic rings. The number of rotatable bonds is 10. The van der Waals surface area contributed by atoms with Gasteiger partial charge in [0.25, 0.3) is 0 Å². The SMILES string of the molecule is CCOc1ccc(CCC(=O)NCCc2ccc(-c3csc(C)n3)cc2)cc1OC. The fourth-order valence-corrected chi connectivity index (χ4v) is 3.79. The van der Waals surface area contributed by atoms with Crippen molar-refractivity contribution in [1.29, 1.82) is 0 Å². The van der Waals surface area contributed by atoms with Crippen LogP contribution in [0.3, 0.4) is 0 Å². The summed E-state index contributed by atoms with van der Waals surface area (Å²) in [5, 5.41) is 6.15. The molecule has 1 N–H and O–H groups in total. The molecule has 0 aliphatic heterocycles. The molecular weight excluding hydrogens is 396 g/mol. The number of carbonyl (C=O) groups is 1. The summed E-state index contributed by atoms with van der Waals surface area (Å²) in [7, 11) is 1.62. The van der Waals surface area contributed by atoms with E-state index in [-0.39, 0.29) is 5.91 Å². The lowest BCUT2D eigenvalue weighted by Gasteiger charge is -2.11. The number of aromatic nitrogens is 1. The molecule has 6 heteroatoms. The topological polar surface area (TPSA) is 60.5 Å². The number of nitrogens with zero attached hydrogens (tertiary/aromatic N) is 1. The van der Waals surface area contributed by atoms with Crippen molar-refractivity contribution < 1.29 is 14.3 Å². The van der Waals surface area contributed by atoms with E-state index in [0.717, 1.165) is 34.0 Å². The lowest BCUT2D eigenvalue weighted by molar-refractivity contribution is -0.121. The third-order valence-corrected chi connectivity index (χ3v) is 5.55. The van der Waals surface area contributed by atoms with Crippen molar-refractivity contribution in [1.82, 2.24) is 10.3 Å². The third-order valence-electron chi connectivity index (χ3n) is 4.77. The second-order valence-electron chi connectivity index (χ2n) is 6.97. The zero-order valence-electron chi connectivity index (χ0n) is 17.7. The maximum atomic E-state index is 12.2. The van der Waals surface area contributed by atoms with Gasteiger partial charge in [0.05, 0.1) is 24.4 Å². The van der Waals surface area contributed by atoms with E-state index < -0.39 is 0 Å². The number of carbonyl (C=O) groups excluding carboxylic acids is 1. The molecule has 0 saturated carbocycles. The number of hydrogen-bond donors (Lipinski definition) is 1. The van der Waals surface area contributed by atoms with Crippen LogP contribution >= 0.6 is 11.3 Å². The van der Waals surface area contributed by atoms with E-state index in [1.54, 1.807) is 18.4 Å². The van der Waals surface area contributed by atoms with Crippen LogP contribution in [0.15, 0.2) is 47.8 Å². The Morgan fingerprint density at radius 1 is 1.07 bits per heavy atom. The third kappa shape index (κ3) is 6.07. The summed E-state index contributed by atoms with van der Waals surface area (Å²) in [6, 6.07) is 14.2. The lowest BCUT2D eigenvalue weighted by Crippen LogP contribution is -2.25. The Kier molecular flexibility index (Phi) is 7.85. The highest BCUT2D eigenvalue weighted by Gasteiger charge is 2.08. The first-order valence-electron chi connectivity index (χ1n) is 10.2. The van der Waals surface area contributed by atoms with Gasteiger partial charge in [-0.3, -0.25) is 4.79 Å². The molecule has 0 aliphatic carbocycles. The van der Waals surface area contributed by atoms with Gasteiger partial charge in [0.1, 0.15) is 0 Å². The molecule has 5 nitrogen and oxygen atoms in total. The minimum absolute atomic E-state index is 0.0532. The number of nitrogens with one attached hydrogen (secondary N) is 1. The predicted octanol–water partition coefficient (Wildman–Crippen LogP) is 4.82. The van der Waals surface area contributed by atoms with E-state index in [2.05, 4.69) is 39.9 Å². The van der Waals surface area contributed by atoms with E-state index in [9.17, 15) is 4.79 Å². The van der Waals surface area contributed by atoms with E-state index in [1.807, 2.05) is 32.0 Å². The first-order valence-corrected chi connectivity index (χ1v) is 11.0. The summed E-state index contributed by atoms with van der Waals surface area (Å²) < 4.78 is 10.9. The molecule has 158 valence electrons. The largest absolute Gasteiger partial charge is 0.493 e. The van der Waals surface area contributed by atoms with Crippen LogP contribution < -0.4 is 14.8 Å². The molecule has 0 atom stereocenters. The second kappa shape index (κ2) is 10.8. The molecule has 1 amide bonds. The zero-order chi connectivity index (χ0) is 21.3. The highest BCUT2D eigenvalue weighted by Crippen LogP contribution is 2.28. The number of methoxy groups -OCH3 is 1. The Bertz CT molecular complexity index is 967. The maximum absolute atomic E-state index is 12.2. The molecule has 0 radical (unpaired) electrons. The molecule has 0 bridgehead atoms. The number of hydrogen-bond acceptors (Lipinski definition) is 5. The maximum Gasteiger partial charge on any atom is 0.220 e. The van der Waals surface area contributed by atoms with Crippen LogP contribution in [0.1, 0.15) is 29.5 Å². The fraction of sp³-hybridized carbons (Fsp3) is 0.333. The Hall–Kier alpha value is -2.86. The average Bonchev–Trinajstić information content (AvgIpc) is 3.20. The van der Waals surface area contributed by atoms with Gasteiger partial charge < -0.3 is 14.8 Å². The summed E-state index contributed by atoms with van der Waals surface area (Å²) in [6.45, 7) is 5.16. The van der Waals surface area contributed by atoms with Crippen LogP contribution in [-0.2, 0) is 17.6 Å². The summed E-state index contributed by atoms with van der Waals surface area (Å²) >= 11 is 1.66. The van der Waals surface area contributed by atoms with Crippen molar-refractivity contribution in [3.8, 4) is 22.8 Å². The van der Waals surface area contributed by atoms with Gasteiger partial charge in [-0.2, -0.15) is 0 Å². The lowest BCUT2D eigenvalue weighted by atomic mass is 10.1. The van der Waals surface area contributed by atoms with Gasteiger partial charge in [-0.25, -0.2) is 4.98 Å². The molecule has 0 spiro atoms. The molecule has 1 aromatic heterocycles. The van der Waals surface area contributed by atoms with Crippen LogP contribution in [0.5, 0.6) is 11.5 Å². The number of amides is 1. The first-order chi connectivity index (χ1) is 14.6. The summed E-state index contributed by atoms with van der Waals surface area (Å²) in [5.74, 6) is 1.48. The molecule has 0 saturated heterocycles. The molecule has 3 aromatic rings. The highest BCUT2D eigenvalue weighted by atomic mass is 32.1. The Balaban J connectivity index is 1.43. The predicted molar refractivity (Wildman–Crippen MR) is 121 cm³/mol. The quantitative estimate of drug-likeness (QED) is 0.507. The van der Waals surface area contributed by atoms with E-state index >= 15 is 0 Å². The van der Waals surface area contributed by atoms with E-state index in [1.165, 1.54) is 5.56 Å². The number of thiazole rings is 1. The molecule has 0 unspecified atom stereocenters.